The predicted octanol–water partition coefficient (Wildman–Crippen LogP) is 1.37. The van der Waals surface area contributed by atoms with Crippen LogP contribution < -0.4 is 0 Å². The topological polar surface area (TPSA) is 63.6 Å². The summed E-state index contributed by atoms with van der Waals surface area (Å²) in [6, 6.07) is 0. The zero-order valence-corrected chi connectivity index (χ0v) is 9.52. The van der Waals surface area contributed by atoms with Crippen molar-refractivity contribution in [2.75, 3.05) is 0 Å². The molecule has 2 atom stereocenters. The second-order valence-corrected chi connectivity index (χ2v) is 4.14. The molecular formula is C12H18O4. The molecule has 1 N–H and O–H groups in total. The molecule has 1 aliphatic rings. The first-order valence-electron chi connectivity index (χ1n) is 5.70. The summed E-state index contributed by atoms with van der Waals surface area (Å²) in [4.78, 5) is 22.5. The number of esters is 1. The quantitative estimate of drug-likeness (QED) is 0.634. The molecule has 0 spiro atoms. The van der Waals surface area contributed by atoms with E-state index in [1.807, 2.05) is 6.92 Å². The van der Waals surface area contributed by atoms with Gasteiger partial charge in [-0.05, 0) is 32.3 Å². The molecule has 2 unspecified atom stereocenters. The second kappa shape index (κ2) is 6.43. The first-order valence-corrected chi connectivity index (χ1v) is 5.70. The molecule has 0 bridgehead atoms. The molecular weight excluding hydrogens is 208 g/mol. The largest absolute Gasteiger partial charge is 0.460 e. The molecule has 90 valence electrons. The van der Waals surface area contributed by atoms with Gasteiger partial charge >= 0.3 is 5.97 Å². The molecule has 16 heavy (non-hydrogen) atoms. The zero-order valence-electron chi connectivity index (χ0n) is 9.52. The van der Waals surface area contributed by atoms with Gasteiger partial charge in [0.25, 0.3) is 0 Å². The van der Waals surface area contributed by atoms with E-state index in [4.69, 9.17) is 4.74 Å². The Morgan fingerprint density at radius 2 is 1.88 bits per heavy atom. The van der Waals surface area contributed by atoms with E-state index in [-0.39, 0.29) is 6.10 Å². The number of aliphatic hydroxyl groups is 1. The molecule has 0 aromatic heterocycles. The Hall–Kier alpha value is -1.16. The van der Waals surface area contributed by atoms with Crippen LogP contribution in [0.2, 0.25) is 0 Å². The summed E-state index contributed by atoms with van der Waals surface area (Å²) in [7, 11) is 0. The summed E-state index contributed by atoms with van der Waals surface area (Å²) in [6.45, 7) is 1.84. The summed E-state index contributed by atoms with van der Waals surface area (Å²) >= 11 is 0. The van der Waals surface area contributed by atoms with Crippen LogP contribution in [0.4, 0.5) is 0 Å². The van der Waals surface area contributed by atoms with E-state index in [1.54, 1.807) is 0 Å². The van der Waals surface area contributed by atoms with Crippen molar-refractivity contribution in [1.29, 1.82) is 0 Å². The van der Waals surface area contributed by atoms with Gasteiger partial charge in [-0.2, -0.15) is 0 Å². The summed E-state index contributed by atoms with van der Waals surface area (Å²) in [5.74, 6) is -0.946. The van der Waals surface area contributed by atoms with Crippen LogP contribution in [-0.4, -0.2) is 29.1 Å². The Bertz CT molecular complexity index is 283. The number of hydrogen-bond donors (Lipinski definition) is 1. The molecule has 0 amide bonds. The van der Waals surface area contributed by atoms with Gasteiger partial charge in [-0.3, -0.25) is 4.79 Å². The van der Waals surface area contributed by atoms with Crippen molar-refractivity contribution >= 4 is 11.8 Å². The van der Waals surface area contributed by atoms with Gasteiger partial charge in [0.15, 0.2) is 5.78 Å². The number of carbonyl (C=O) groups excluding carboxylic acids is 2. The van der Waals surface area contributed by atoms with E-state index in [9.17, 15) is 14.7 Å². The Morgan fingerprint density at radius 1 is 1.19 bits per heavy atom. The molecule has 1 heterocycles. The Balaban J connectivity index is 2.61. The average Bonchev–Trinajstić information content (AvgIpc) is 2.23. The lowest BCUT2D eigenvalue weighted by Gasteiger charge is -2.13. The van der Waals surface area contributed by atoms with Crippen molar-refractivity contribution in [2.24, 2.45) is 0 Å². The SMILES string of the molecule is CC1CCCCCC(O)C(=O)C=CC(=O)O1. The Kier molecular flexibility index (Phi) is 5.19. The van der Waals surface area contributed by atoms with Crippen molar-refractivity contribution in [3.8, 4) is 0 Å². The lowest BCUT2D eigenvalue weighted by atomic mass is 10.0. The van der Waals surface area contributed by atoms with E-state index in [2.05, 4.69) is 0 Å². The van der Waals surface area contributed by atoms with Gasteiger partial charge < -0.3 is 9.84 Å². The molecule has 0 aliphatic carbocycles. The highest BCUT2D eigenvalue weighted by Crippen LogP contribution is 2.11. The number of ether oxygens (including phenoxy) is 1. The molecule has 0 aromatic carbocycles. The fourth-order valence-corrected chi connectivity index (χ4v) is 1.65. The minimum Gasteiger partial charge on any atom is -0.460 e. The number of hydrogen-bond acceptors (Lipinski definition) is 4. The molecule has 0 saturated carbocycles. The maximum absolute atomic E-state index is 11.3. The van der Waals surface area contributed by atoms with Gasteiger partial charge in [0, 0.05) is 6.08 Å². The molecule has 4 nitrogen and oxygen atoms in total. The van der Waals surface area contributed by atoms with Crippen LogP contribution in [0.1, 0.15) is 39.0 Å². The number of cyclic esters (lactones) is 1. The molecule has 0 radical (unpaired) electrons. The molecule has 0 saturated heterocycles. The van der Waals surface area contributed by atoms with E-state index in [0.717, 1.165) is 37.8 Å². The van der Waals surface area contributed by atoms with Crippen LogP contribution >= 0.6 is 0 Å². The molecule has 1 aliphatic heterocycles. The van der Waals surface area contributed by atoms with Crippen LogP contribution in [0.25, 0.3) is 0 Å². The fraction of sp³-hybridized carbons (Fsp3) is 0.667. The fourth-order valence-electron chi connectivity index (χ4n) is 1.65. The number of aliphatic hydroxyl groups excluding tert-OH is 1. The van der Waals surface area contributed by atoms with Crippen molar-refractivity contribution in [3.05, 3.63) is 12.2 Å². The summed E-state index contributed by atoms with van der Waals surface area (Å²) in [5.41, 5.74) is 0. The van der Waals surface area contributed by atoms with Gasteiger partial charge in [0.1, 0.15) is 6.10 Å². The van der Waals surface area contributed by atoms with Crippen LogP contribution in [0.3, 0.4) is 0 Å². The van der Waals surface area contributed by atoms with Gasteiger partial charge in [0.2, 0.25) is 0 Å². The zero-order chi connectivity index (χ0) is 12.0. The first-order chi connectivity index (χ1) is 7.59. The number of carbonyl (C=O) groups is 2. The van der Waals surface area contributed by atoms with E-state index in [0.29, 0.717) is 6.42 Å². The smallest absolute Gasteiger partial charge is 0.331 e. The third kappa shape index (κ3) is 4.57. The second-order valence-electron chi connectivity index (χ2n) is 4.14. The van der Waals surface area contributed by atoms with E-state index >= 15 is 0 Å². The highest BCUT2D eigenvalue weighted by molar-refractivity contribution is 5.98. The lowest BCUT2D eigenvalue weighted by molar-refractivity contribution is -0.142. The molecule has 0 fully saturated rings. The van der Waals surface area contributed by atoms with Crippen LogP contribution in [0.15, 0.2) is 12.2 Å². The highest BCUT2D eigenvalue weighted by atomic mass is 16.5. The van der Waals surface area contributed by atoms with Gasteiger partial charge in [-0.25, -0.2) is 4.79 Å². The van der Waals surface area contributed by atoms with Gasteiger partial charge in [-0.1, -0.05) is 12.8 Å². The third-order valence-corrected chi connectivity index (χ3v) is 2.62. The average molecular weight is 226 g/mol. The first kappa shape index (κ1) is 12.9. The molecule has 4 heteroatoms. The highest BCUT2D eigenvalue weighted by Gasteiger charge is 2.14. The van der Waals surface area contributed by atoms with Gasteiger partial charge in [0.05, 0.1) is 6.10 Å². The van der Waals surface area contributed by atoms with E-state index < -0.39 is 17.9 Å². The monoisotopic (exact) mass is 226 g/mol. The van der Waals surface area contributed by atoms with E-state index in [1.165, 1.54) is 0 Å². The lowest BCUT2D eigenvalue weighted by Crippen LogP contribution is -2.20. The standard InChI is InChI=1S/C12H18O4/c1-9-5-3-2-4-6-10(13)11(14)7-8-12(15)16-9/h7-10,13H,2-6H2,1H3. The maximum atomic E-state index is 11.3. The third-order valence-electron chi connectivity index (χ3n) is 2.62. The number of rotatable bonds is 0. The van der Waals surface area contributed by atoms with Crippen LogP contribution in [0.5, 0.6) is 0 Å². The van der Waals surface area contributed by atoms with Crippen molar-refractivity contribution in [1.82, 2.24) is 0 Å². The molecule has 1 rings (SSSR count). The normalized spacial score (nSPS) is 29.1. The summed E-state index contributed by atoms with van der Waals surface area (Å²) in [5, 5.41) is 9.45. The minimum absolute atomic E-state index is 0.114. The van der Waals surface area contributed by atoms with Crippen molar-refractivity contribution in [3.63, 3.8) is 0 Å². The van der Waals surface area contributed by atoms with Crippen LogP contribution in [0, 0.1) is 0 Å². The summed E-state index contributed by atoms with van der Waals surface area (Å²) < 4.78 is 5.05. The minimum atomic E-state index is -0.985. The van der Waals surface area contributed by atoms with Crippen LogP contribution in [-0.2, 0) is 14.3 Å². The van der Waals surface area contributed by atoms with Gasteiger partial charge in [-0.15, -0.1) is 0 Å². The number of ketones is 1. The Morgan fingerprint density at radius 3 is 2.62 bits per heavy atom. The van der Waals surface area contributed by atoms with Crippen molar-refractivity contribution in [2.45, 2.75) is 51.2 Å². The Labute approximate surface area is 95.3 Å². The maximum Gasteiger partial charge on any atom is 0.331 e. The molecule has 0 aromatic rings. The van der Waals surface area contributed by atoms with Crippen molar-refractivity contribution < 1.29 is 19.4 Å². The summed E-state index contributed by atoms with van der Waals surface area (Å²) in [6.07, 6.45) is 5.08. The predicted molar refractivity (Wildman–Crippen MR) is 58.8 cm³/mol.